The molecule has 0 aliphatic heterocycles. The van der Waals surface area contributed by atoms with E-state index in [0.29, 0.717) is 19.5 Å². The van der Waals surface area contributed by atoms with E-state index in [1.54, 1.807) is 0 Å². The van der Waals surface area contributed by atoms with Crippen LogP contribution >= 0.6 is 0 Å². The molecule has 0 aromatic carbocycles. The van der Waals surface area contributed by atoms with Crippen LogP contribution in [-0.4, -0.2) is 25.5 Å². The molecule has 0 spiro atoms. The fourth-order valence-electron chi connectivity index (χ4n) is 1.68. The Morgan fingerprint density at radius 2 is 1.89 bits per heavy atom. The third-order valence-electron chi connectivity index (χ3n) is 2.73. The van der Waals surface area contributed by atoms with Gasteiger partial charge in [-0.2, -0.15) is 5.26 Å². The van der Waals surface area contributed by atoms with Crippen molar-refractivity contribution >= 4 is 5.91 Å². The van der Waals surface area contributed by atoms with Crippen molar-refractivity contribution < 1.29 is 4.79 Å². The van der Waals surface area contributed by atoms with Crippen molar-refractivity contribution in [3.05, 3.63) is 0 Å². The first kappa shape index (κ1) is 16.9. The smallest absolute Gasteiger partial charge is 0.233 e. The molecule has 0 heterocycles. The number of unbranched alkanes of at least 4 members (excludes halogenated alkanes) is 3. The van der Waals surface area contributed by atoms with Crippen LogP contribution in [0, 0.1) is 17.2 Å². The van der Waals surface area contributed by atoms with Gasteiger partial charge in [-0.1, -0.05) is 39.5 Å². The number of hydrogen-bond acceptors (Lipinski definition) is 3. The second-order valence-corrected chi connectivity index (χ2v) is 5.03. The van der Waals surface area contributed by atoms with Gasteiger partial charge >= 0.3 is 0 Å². The molecule has 2 N–H and O–H groups in total. The Bertz CT molecular complexity index is 246. The molecule has 0 radical (unpaired) electrons. The zero-order valence-corrected chi connectivity index (χ0v) is 11.8. The number of nitriles is 1. The number of carbonyl (C=O) groups is 1. The van der Waals surface area contributed by atoms with Crippen LogP contribution in [0.2, 0.25) is 0 Å². The summed E-state index contributed by atoms with van der Waals surface area (Å²) < 4.78 is 0. The van der Waals surface area contributed by atoms with Gasteiger partial charge in [0.05, 0.1) is 19.0 Å². The molecule has 0 atom stereocenters. The maximum atomic E-state index is 11.2. The molecule has 0 fully saturated rings. The molecule has 0 rings (SSSR count). The van der Waals surface area contributed by atoms with Gasteiger partial charge in [0.1, 0.15) is 0 Å². The number of rotatable bonds is 11. The lowest BCUT2D eigenvalue weighted by Crippen LogP contribution is -2.34. The Hall–Kier alpha value is -1.08. The van der Waals surface area contributed by atoms with Gasteiger partial charge in [-0.3, -0.25) is 4.79 Å². The average molecular weight is 253 g/mol. The molecule has 0 aromatic rings. The number of carbonyl (C=O) groups excluding carboxylic acids is 1. The minimum atomic E-state index is -0.0231. The second-order valence-electron chi connectivity index (χ2n) is 5.03. The minimum absolute atomic E-state index is 0.0231. The molecule has 0 unspecified atom stereocenters. The highest BCUT2D eigenvalue weighted by Gasteiger charge is 1.99. The van der Waals surface area contributed by atoms with E-state index >= 15 is 0 Å². The Morgan fingerprint density at radius 3 is 2.56 bits per heavy atom. The third kappa shape index (κ3) is 13.0. The lowest BCUT2D eigenvalue weighted by atomic mass is 10.0. The lowest BCUT2D eigenvalue weighted by Gasteiger charge is -2.06. The zero-order valence-electron chi connectivity index (χ0n) is 11.8. The van der Waals surface area contributed by atoms with Crippen molar-refractivity contribution in [2.24, 2.45) is 5.92 Å². The summed E-state index contributed by atoms with van der Waals surface area (Å²) in [5.41, 5.74) is 0. The molecular formula is C14H27N3O. The van der Waals surface area contributed by atoms with Crippen LogP contribution in [0.25, 0.3) is 0 Å². The van der Waals surface area contributed by atoms with E-state index < -0.39 is 0 Å². The van der Waals surface area contributed by atoms with Crippen molar-refractivity contribution in [1.29, 1.82) is 5.26 Å². The van der Waals surface area contributed by atoms with E-state index in [1.165, 1.54) is 25.7 Å². The van der Waals surface area contributed by atoms with E-state index in [4.69, 9.17) is 5.26 Å². The van der Waals surface area contributed by atoms with Gasteiger partial charge in [-0.25, -0.2) is 0 Å². The molecule has 0 saturated heterocycles. The molecular weight excluding hydrogens is 226 g/mol. The Labute approximate surface area is 111 Å². The molecule has 1 amide bonds. The van der Waals surface area contributed by atoms with E-state index in [9.17, 15) is 4.79 Å². The molecule has 0 bridgehead atoms. The highest BCUT2D eigenvalue weighted by molar-refractivity contribution is 5.77. The van der Waals surface area contributed by atoms with Crippen LogP contribution in [0.4, 0.5) is 0 Å². The number of hydrogen-bond donors (Lipinski definition) is 2. The van der Waals surface area contributed by atoms with Crippen molar-refractivity contribution in [3.63, 3.8) is 0 Å². The molecule has 104 valence electrons. The van der Waals surface area contributed by atoms with Gasteiger partial charge < -0.3 is 10.6 Å². The predicted molar refractivity (Wildman–Crippen MR) is 74.0 cm³/mol. The molecule has 0 aliphatic rings. The Kier molecular flexibility index (Phi) is 11.6. The van der Waals surface area contributed by atoms with Gasteiger partial charge in [0.15, 0.2) is 0 Å². The lowest BCUT2D eigenvalue weighted by molar-refractivity contribution is -0.120. The first-order valence-corrected chi connectivity index (χ1v) is 7.01. The monoisotopic (exact) mass is 253 g/mol. The summed E-state index contributed by atoms with van der Waals surface area (Å²) in [5.74, 6) is 0.783. The molecule has 0 aromatic heterocycles. The molecule has 4 nitrogen and oxygen atoms in total. The summed E-state index contributed by atoms with van der Waals surface area (Å²) in [5, 5.41) is 14.1. The first-order chi connectivity index (χ1) is 8.66. The van der Waals surface area contributed by atoms with Crippen LogP contribution in [0.5, 0.6) is 0 Å². The summed E-state index contributed by atoms with van der Waals surface area (Å²) in [6, 6.07) is 1.99. The maximum Gasteiger partial charge on any atom is 0.233 e. The van der Waals surface area contributed by atoms with E-state index in [-0.39, 0.29) is 5.91 Å². The Morgan fingerprint density at radius 1 is 1.17 bits per heavy atom. The SMILES string of the molecule is CC(C)CCCCCCNCC(=O)NCCC#N. The summed E-state index contributed by atoms with van der Waals surface area (Å²) in [6.07, 6.45) is 6.65. The van der Waals surface area contributed by atoms with Crippen LogP contribution in [0.15, 0.2) is 0 Å². The van der Waals surface area contributed by atoms with Crippen LogP contribution < -0.4 is 10.6 Å². The predicted octanol–water partition coefficient (Wildman–Crippen LogP) is 2.21. The van der Waals surface area contributed by atoms with Crippen molar-refractivity contribution in [1.82, 2.24) is 10.6 Å². The molecule has 4 heteroatoms. The van der Waals surface area contributed by atoms with Gasteiger partial charge in [0.2, 0.25) is 5.91 Å². The van der Waals surface area contributed by atoms with E-state index in [2.05, 4.69) is 24.5 Å². The summed E-state index contributed by atoms with van der Waals surface area (Å²) in [6.45, 7) is 6.22. The summed E-state index contributed by atoms with van der Waals surface area (Å²) in [4.78, 5) is 11.2. The fraction of sp³-hybridized carbons (Fsp3) is 0.857. The maximum absolute atomic E-state index is 11.2. The van der Waals surface area contributed by atoms with Crippen molar-refractivity contribution in [3.8, 4) is 6.07 Å². The zero-order chi connectivity index (χ0) is 13.6. The number of nitrogens with zero attached hydrogens (tertiary/aromatic N) is 1. The van der Waals surface area contributed by atoms with Gasteiger partial charge in [-0.15, -0.1) is 0 Å². The van der Waals surface area contributed by atoms with Gasteiger partial charge in [-0.05, 0) is 18.9 Å². The first-order valence-electron chi connectivity index (χ1n) is 7.01. The van der Waals surface area contributed by atoms with Crippen molar-refractivity contribution in [2.45, 2.75) is 52.4 Å². The van der Waals surface area contributed by atoms with E-state index in [1.807, 2.05) is 6.07 Å². The standard InChI is InChI=1S/C14H27N3O/c1-13(2)8-5-3-4-6-10-16-12-14(18)17-11-7-9-15/h13,16H,3-8,10-12H2,1-2H3,(H,17,18). The quantitative estimate of drug-likeness (QED) is 0.555. The normalized spacial score (nSPS) is 10.3. The molecule has 0 saturated carbocycles. The van der Waals surface area contributed by atoms with E-state index in [0.717, 1.165) is 18.9 Å². The summed E-state index contributed by atoms with van der Waals surface area (Å²) in [7, 11) is 0. The highest BCUT2D eigenvalue weighted by atomic mass is 16.1. The minimum Gasteiger partial charge on any atom is -0.354 e. The number of nitrogens with one attached hydrogen (secondary N) is 2. The molecule has 0 aliphatic carbocycles. The summed E-state index contributed by atoms with van der Waals surface area (Å²) >= 11 is 0. The van der Waals surface area contributed by atoms with Gasteiger partial charge in [0.25, 0.3) is 0 Å². The van der Waals surface area contributed by atoms with Crippen LogP contribution in [0.3, 0.4) is 0 Å². The highest BCUT2D eigenvalue weighted by Crippen LogP contribution is 2.08. The van der Waals surface area contributed by atoms with Crippen LogP contribution in [-0.2, 0) is 4.79 Å². The van der Waals surface area contributed by atoms with Crippen LogP contribution in [0.1, 0.15) is 52.4 Å². The molecule has 18 heavy (non-hydrogen) atoms. The Balaban J connectivity index is 3.15. The third-order valence-corrected chi connectivity index (χ3v) is 2.73. The largest absolute Gasteiger partial charge is 0.354 e. The second kappa shape index (κ2) is 12.4. The topological polar surface area (TPSA) is 64.9 Å². The number of amides is 1. The average Bonchev–Trinajstić information content (AvgIpc) is 2.32. The van der Waals surface area contributed by atoms with Gasteiger partial charge in [0, 0.05) is 6.54 Å². The van der Waals surface area contributed by atoms with Crippen molar-refractivity contribution in [2.75, 3.05) is 19.6 Å². The fourth-order valence-corrected chi connectivity index (χ4v) is 1.68.